The highest BCUT2D eigenvalue weighted by atomic mass is 15.3. The number of nitrogens with one attached hydrogen (secondary N) is 1. The summed E-state index contributed by atoms with van der Waals surface area (Å²) in [5.41, 5.74) is 2.66. The van der Waals surface area contributed by atoms with E-state index in [4.69, 9.17) is 5.26 Å². The molecule has 2 aromatic heterocycles. The van der Waals surface area contributed by atoms with E-state index >= 15 is 0 Å². The Morgan fingerprint density at radius 1 is 1.36 bits per heavy atom. The molecular formula is C9H7N5. The van der Waals surface area contributed by atoms with E-state index in [-0.39, 0.29) is 5.69 Å². The van der Waals surface area contributed by atoms with Gasteiger partial charge in [-0.1, -0.05) is 0 Å². The fraction of sp³-hybridized carbons (Fsp3) is 0.111. The molecule has 0 amide bonds. The number of hydrogen-bond donors (Lipinski definition) is 1. The maximum absolute atomic E-state index is 8.75. The maximum atomic E-state index is 8.75. The van der Waals surface area contributed by atoms with Gasteiger partial charge in [0.15, 0.2) is 5.69 Å². The largest absolute Gasteiger partial charge is 0.264 e. The first kappa shape index (κ1) is 8.38. The smallest absolute Gasteiger partial charge is 0.190 e. The van der Waals surface area contributed by atoms with Crippen molar-refractivity contribution in [3.63, 3.8) is 0 Å². The first-order valence-electron chi connectivity index (χ1n) is 4.04. The monoisotopic (exact) mass is 185 g/mol. The first-order valence-corrected chi connectivity index (χ1v) is 4.04. The van der Waals surface area contributed by atoms with Crippen LogP contribution in [0.4, 0.5) is 0 Å². The average Bonchev–Trinajstić information content (AvgIpc) is 2.65. The molecule has 5 heteroatoms. The van der Waals surface area contributed by atoms with Gasteiger partial charge < -0.3 is 0 Å². The molecule has 0 bridgehead atoms. The van der Waals surface area contributed by atoms with Gasteiger partial charge in [-0.25, -0.2) is 0 Å². The van der Waals surface area contributed by atoms with Crippen LogP contribution >= 0.6 is 0 Å². The van der Waals surface area contributed by atoms with Gasteiger partial charge in [0.25, 0.3) is 0 Å². The predicted molar refractivity (Wildman–Crippen MR) is 49.1 cm³/mol. The fourth-order valence-electron chi connectivity index (χ4n) is 1.19. The highest BCUT2D eigenvalue weighted by Crippen LogP contribution is 2.18. The molecule has 1 N–H and O–H groups in total. The van der Waals surface area contributed by atoms with E-state index < -0.39 is 0 Å². The van der Waals surface area contributed by atoms with E-state index in [1.165, 1.54) is 0 Å². The molecule has 0 atom stereocenters. The van der Waals surface area contributed by atoms with Crippen LogP contribution < -0.4 is 0 Å². The van der Waals surface area contributed by atoms with Gasteiger partial charge in [0, 0.05) is 18.0 Å². The molecule has 2 heterocycles. The van der Waals surface area contributed by atoms with Gasteiger partial charge in [-0.2, -0.15) is 15.6 Å². The summed E-state index contributed by atoms with van der Waals surface area (Å²) in [5, 5.41) is 18.8. The minimum atomic E-state index is 0.289. The van der Waals surface area contributed by atoms with Gasteiger partial charge >= 0.3 is 0 Å². The second kappa shape index (κ2) is 3.26. The summed E-state index contributed by atoms with van der Waals surface area (Å²) in [7, 11) is 0. The summed E-state index contributed by atoms with van der Waals surface area (Å²) in [4.78, 5) is 4.02. The van der Waals surface area contributed by atoms with Crippen LogP contribution in [0.15, 0.2) is 18.5 Å². The quantitative estimate of drug-likeness (QED) is 0.720. The maximum Gasteiger partial charge on any atom is 0.190 e. The Balaban J connectivity index is 2.56. The van der Waals surface area contributed by atoms with Crippen LogP contribution in [-0.2, 0) is 0 Å². The van der Waals surface area contributed by atoms with E-state index in [9.17, 15) is 0 Å². The normalized spacial score (nSPS) is 9.71. The minimum absolute atomic E-state index is 0.289. The van der Waals surface area contributed by atoms with E-state index in [1.54, 1.807) is 12.4 Å². The summed E-state index contributed by atoms with van der Waals surface area (Å²) in [6.07, 6.45) is 3.40. The van der Waals surface area contributed by atoms with Gasteiger partial charge in [0.1, 0.15) is 11.8 Å². The number of rotatable bonds is 1. The lowest BCUT2D eigenvalue weighted by Gasteiger charge is -1.96. The molecule has 0 aliphatic heterocycles. The number of H-pyrrole nitrogens is 1. The molecule has 5 nitrogen and oxygen atoms in total. The summed E-state index contributed by atoms with van der Waals surface area (Å²) < 4.78 is 0. The summed E-state index contributed by atoms with van der Waals surface area (Å²) >= 11 is 0. The van der Waals surface area contributed by atoms with Crippen LogP contribution in [0.25, 0.3) is 11.3 Å². The number of hydrogen-bond acceptors (Lipinski definition) is 4. The van der Waals surface area contributed by atoms with Gasteiger partial charge in [-0.05, 0) is 18.6 Å². The molecule has 68 valence electrons. The molecule has 0 aliphatic carbocycles. The lowest BCUT2D eigenvalue weighted by molar-refractivity contribution is 0.937. The number of pyridine rings is 1. The van der Waals surface area contributed by atoms with Crippen molar-refractivity contribution < 1.29 is 0 Å². The third kappa shape index (κ3) is 1.33. The lowest BCUT2D eigenvalue weighted by atomic mass is 10.1. The third-order valence-corrected chi connectivity index (χ3v) is 1.80. The Morgan fingerprint density at radius 3 is 2.93 bits per heavy atom. The third-order valence-electron chi connectivity index (χ3n) is 1.80. The van der Waals surface area contributed by atoms with Crippen LogP contribution in [0.1, 0.15) is 11.3 Å². The molecule has 0 aliphatic rings. The fourth-order valence-corrected chi connectivity index (χ4v) is 1.19. The predicted octanol–water partition coefficient (Wildman–Crippen LogP) is 1.05. The lowest BCUT2D eigenvalue weighted by Crippen LogP contribution is -1.85. The van der Waals surface area contributed by atoms with Crippen LogP contribution in [0.5, 0.6) is 0 Å². The standard InChI is InChI=1S/C9H7N5/c1-6-2-7(5-11-4-6)9-8(3-10)12-14-13-9/h2,4-5H,1H3,(H,12,13,14). The molecule has 0 aromatic carbocycles. The Labute approximate surface area is 80.4 Å². The zero-order valence-corrected chi connectivity index (χ0v) is 7.52. The summed E-state index contributed by atoms with van der Waals surface area (Å²) in [6, 6.07) is 3.87. The Hall–Kier alpha value is -2.22. The van der Waals surface area contributed by atoms with Crippen molar-refractivity contribution >= 4 is 0 Å². The number of nitrogens with zero attached hydrogens (tertiary/aromatic N) is 4. The van der Waals surface area contributed by atoms with Crippen LogP contribution in [0, 0.1) is 18.3 Å². The average molecular weight is 185 g/mol. The van der Waals surface area contributed by atoms with Gasteiger partial charge in [0.05, 0.1) is 0 Å². The van der Waals surface area contributed by atoms with E-state index in [0.29, 0.717) is 5.69 Å². The number of nitriles is 1. The van der Waals surface area contributed by atoms with Crippen molar-refractivity contribution in [3.8, 4) is 17.3 Å². The van der Waals surface area contributed by atoms with Crippen molar-refractivity contribution in [2.24, 2.45) is 0 Å². The second-order valence-electron chi connectivity index (χ2n) is 2.88. The molecule has 2 aromatic rings. The zero-order chi connectivity index (χ0) is 9.97. The first-order chi connectivity index (χ1) is 6.81. The van der Waals surface area contributed by atoms with Crippen LogP contribution in [-0.4, -0.2) is 20.4 Å². The van der Waals surface area contributed by atoms with Crippen molar-refractivity contribution in [1.82, 2.24) is 20.4 Å². The zero-order valence-electron chi connectivity index (χ0n) is 7.52. The van der Waals surface area contributed by atoms with Gasteiger partial charge in [0.2, 0.25) is 0 Å². The molecule has 0 saturated carbocycles. The SMILES string of the molecule is Cc1cncc(-c2n[nH]nc2C#N)c1. The van der Waals surface area contributed by atoms with Crippen molar-refractivity contribution in [3.05, 3.63) is 29.7 Å². The molecule has 0 unspecified atom stereocenters. The van der Waals surface area contributed by atoms with Crippen LogP contribution in [0.3, 0.4) is 0 Å². The number of aromatic nitrogens is 4. The second-order valence-corrected chi connectivity index (χ2v) is 2.88. The molecule has 0 radical (unpaired) electrons. The molecular weight excluding hydrogens is 178 g/mol. The molecule has 2 rings (SSSR count). The molecule has 14 heavy (non-hydrogen) atoms. The number of aryl methyl sites for hydroxylation is 1. The summed E-state index contributed by atoms with van der Waals surface area (Å²) in [6.45, 7) is 1.93. The van der Waals surface area contributed by atoms with Crippen molar-refractivity contribution in [2.45, 2.75) is 6.92 Å². The highest BCUT2D eigenvalue weighted by Gasteiger charge is 2.09. The molecule has 0 fully saturated rings. The van der Waals surface area contributed by atoms with Crippen molar-refractivity contribution in [1.29, 1.82) is 5.26 Å². The Morgan fingerprint density at radius 2 is 2.21 bits per heavy atom. The van der Waals surface area contributed by atoms with Gasteiger partial charge in [-0.15, -0.1) is 5.10 Å². The van der Waals surface area contributed by atoms with Gasteiger partial charge in [-0.3, -0.25) is 4.98 Å². The van der Waals surface area contributed by atoms with Crippen molar-refractivity contribution in [2.75, 3.05) is 0 Å². The van der Waals surface area contributed by atoms with E-state index in [2.05, 4.69) is 20.4 Å². The van der Waals surface area contributed by atoms with E-state index in [0.717, 1.165) is 11.1 Å². The minimum Gasteiger partial charge on any atom is -0.264 e. The molecule has 0 saturated heterocycles. The topological polar surface area (TPSA) is 78.2 Å². The summed E-state index contributed by atoms with van der Waals surface area (Å²) in [5.74, 6) is 0. The Bertz CT molecular complexity index is 494. The highest BCUT2D eigenvalue weighted by molar-refractivity contribution is 5.63. The molecule has 0 spiro atoms. The van der Waals surface area contributed by atoms with E-state index in [1.807, 2.05) is 19.1 Å². The Kier molecular flexibility index (Phi) is 1.95. The number of aromatic amines is 1. The van der Waals surface area contributed by atoms with Crippen LogP contribution in [0.2, 0.25) is 0 Å².